The second kappa shape index (κ2) is 5.95. The van der Waals surface area contributed by atoms with Gasteiger partial charge >= 0.3 is 0 Å². The van der Waals surface area contributed by atoms with Gasteiger partial charge in [0, 0.05) is 22.8 Å². The van der Waals surface area contributed by atoms with E-state index >= 15 is 0 Å². The Kier molecular flexibility index (Phi) is 4.43. The SMILES string of the molecule is CCN(c1cccc(O)c1)S(=O)(=O)c1cc(N)ccc1Br. The number of hydrogen-bond donors (Lipinski definition) is 2. The van der Waals surface area contributed by atoms with Crippen LogP contribution in [-0.4, -0.2) is 20.1 Å². The van der Waals surface area contributed by atoms with E-state index in [0.717, 1.165) is 0 Å². The van der Waals surface area contributed by atoms with Crippen LogP contribution in [0.2, 0.25) is 0 Å². The Balaban J connectivity index is 2.57. The molecule has 2 aromatic carbocycles. The summed E-state index contributed by atoms with van der Waals surface area (Å²) in [6.45, 7) is 1.95. The minimum atomic E-state index is -3.78. The summed E-state index contributed by atoms with van der Waals surface area (Å²) in [5.41, 5.74) is 6.44. The summed E-state index contributed by atoms with van der Waals surface area (Å²) in [7, 11) is -3.78. The number of anilines is 2. The lowest BCUT2D eigenvalue weighted by molar-refractivity contribution is 0.475. The van der Waals surface area contributed by atoms with E-state index in [2.05, 4.69) is 15.9 Å². The summed E-state index contributed by atoms with van der Waals surface area (Å²) in [6, 6.07) is 10.7. The van der Waals surface area contributed by atoms with Crippen LogP contribution in [0, 0.1) is 0 Å². The standard InChI is InChI=1S/C14H15BrN2O3S/c1-2-17(11-4-3-5-12(18)9-11)21(19,20)14-8-10(16)6-7-13(14)15/h3-9,18H,2,16H2,1H3. The maximum atomic E-state index is 12.8. The fraction of sp³-hybridized carbons (Fsp3) is 0.143. The van der Waals surface area contributed by atoms with Crippen LogP contribution >= 0.6 is 15.9 Å². The number of phenolic OH excluding ortho intramolecular Hbond substituents is 1. The number of aromatic hydroxyl groups is 1. The van der Waals surface area contributed by atoms with Gasteiger partial charge in [-0.25, -0.2) is 8.42 Å². The third kappa shape index (κ3) is 3.14. The van der Waals surface area contributed by atoms with Crippen LogP contribution in [0.4, 0.5) is 11.4 Å². The molecule has 112 valence electrons. The van der Waals surface area contributed by atoms with E-state index in [-0.39, 0.29) is 17.2 Å². The number of rotatable bonds is 4. The van der Waals surface area contributed by atoms with E-state index in [9.17, 15) is 13.5 Å². The number of nitrogen functional groups attached to an aromatic ring is 1. The van der Waals surface area contributed by atoms with Crippen molar-refractivity contribution in [2.75, 3.05) is 16.6 Å². The van der Waals surface area contributed by atoms with Gasteiger partial charge in [-0.1, -0.05) is 6.07 Å². The van der Waals surface area contributed by atoms with Crippen LogP contribution in [0.25, 0.3) is 0 Å². The zero-order chi connectivity index (χ0) is 15.6. The molecule has 21 heavy (non-hydrogen) atoms. The summed E-state index contributed by atoms with van der Waals surface area (Å²) in [4.78, 5) is 0.0905. The lowest BCUT2D eigenvalue weighted by atomic mass is 10.3. The van der Waals surface area contributed by atoms with Crippen molar-refractivity contribution in [3.63, 3.8) is 0 Å². The highest BCUT2D eigenvalue weighted by Gasteiger charge is 2.26. The highest BCUT2D eigenvalue weighted by molar-refractivity contribution is 9.10. The van der Waals surface area contributed by atoms with Crippen molar-refractivity contribution in [3.05, 3.63) is 46.9 Å². The fourth-order valence-electron chi connectivity index (χ4n) is 1.98. The lowest BCUT2D eigenvalue weighted by Crippen LogP contribution is -2.31. The predicted molar refractivity (Wildman–Crippen MR) is 86.9 cm³/mol. The van der Waals surface area contributed by atoms with Crippen LogP contribution in [0.15, 0.2) is 51.8 Å². The van der Waals surface area contributed by atoms with Crippen molar-refractivity contribution in [2.24, 2.45) is 0 Å². The maximum Gasteiger partial charge on any atom is 0.265 e. The molecule has 0 fully saturated rings. The number of benzene rings is 2. The highest BCUT2D eigenvalue weighted by Crippen LogP contribution is 2.31. The molecule has 0 aliphatic carbocycles. The minimum Gasteiger partial charge on any atom is -0.508 e. The van der Waals surface area contributed by atoms with Crippen molar-refractivity contribution in [3.8, 4) is 5.75 Å². The normalized spacial score (nSPS) is 11.3. The molecule has 0 heterocycles. The predicted octanol–water partition coefficient (Wildman–Crippen LogP) is 2.95. The largest absolute Gasteiger partial charge is 0.508 e. The molecule has 0 atom stereocenters. The first-order valence-corrected chi connectivity index (χ1v) is 8.46. The maximum absolute atomic E-state index is 12.8. The Bertz CT molecular complexity index is 763. The van der Waals surface area contributed by atoms with Crippen LogP contribution in [-0.2, 0) is 10.0 Å². The van der Waals surface area contributed by atoms with Gasteiger partial charge in [0.1, 0.15) is 10.6 Å². The van der Waals surface area contributed by atoms with Crippen LogP contribution in [0.3, 0.4) is 0 Å². The first-order chi connectivity index (χ1) is 9.86. The van der Waals surface area contributed by atoms with Gasteiger partial charge in [0.25, 0.3) is 10.0 Å². The Morgan fingerprint density at radius 1 is 1.24 bits per heavy atom. The lowest BCUT2D eigenvalue weighted by Gasteiger charge is -2.23. The average molecular weight is 371 g/mol. The van der Waals surface area contributed by atoms with E-state index < -0.39 is 10.0 Å². The summed E-state index contributed by atoms with van der Waals surface area (Å²) in [5, 5.41) is 9.54. The fourth-order valence-corrected chi connectivity index (χ4v) is 4.40. The molecule has 0 saturated carbocycles. The van der Waals surface area contributed by atoms with Crippen molar-refractivity contribution in [1.29, 1.82) is 0 Å². The second-order valence-corrected chi connectivity index (χ2v) is 7.06. The molecule has 3 N–H and O–H groups in total. The molecule has 5 nitrogen and oxygen atoms in total. The van der Waals surface area contributed by atoms with Crippen molar-refractivity contribution >= 4 is 37.3 Å². The number of halogens is 1. The molecule has 0 unspecified atom stereocenters. The van der Waals surface area contributed by atoms with Crippen LogP contribution < -0.4 is 10.0 Å². The van der Waals surface area contributed by atoms with Crippen molar-refractivity contribution in [1.82, 2.24) is 0 Å². The van der Waals surface area contributed by atoms with Gasteiger partial charge in [0.05, 0.1) is 5.69 Å². The van der Waals surface area contributed by atoms with Gasteiger partial charge in [-0.2, -0.15) is 0 Å². The van der Waals surface area contributed by atoms with Crippen molar-refractivity contribution in [2.45, 2.75) is 11.8 Å². The number of hydrogen-bond acceptors (Lipinski definition) is 4. The Labute approximate surface area is 132 Å². The van der Waals surface area contributed by atoms with Crippen LogP contribution in [0.5, 0.6) is 5.75 Å². The van der Waals surface area contributed by atoms with Crippen LogP contribution in [0.1, 0.15) is 6.92 Å². The zero-order valence-corrected chi connectivity index (χ0v) is 13.7. The average Bonchev–Trinajstić information content (AvgIpc) is 2.42. The molecular weight excluding hydrogens is 356 g/mol. The van der Waals surface area contributed by atoms with E-state index in [1.165, 1.54) is 22.5 Å². The van der Waals surface area contributed by atoms with Gasteiger partial charge in [-0.15, -0.1) is 0 Å². The quantitative estimate of drug-likeness (QED) is 0.810. The summed E-state index contributed by atoms with van der Waals surface area (Å²) < 4.78 is 27.3. The van der Waals surface area contributed by atoms with E-state index in [0.29, 0.717) is 15.8 Å². The molecular formula is C14H15BrN2O3S. The minimum absolute atomic E-state index is 0.00721. The van der Waals surface area contributed by atoms with Gasteiger partial charge in [-0.05, 0) is 53.2 Å². The molecule has 0 aliphatic rings. The van der Waals surface area contributed by atoms with Gasteiger partial charge < -0.3 is 10.8 Å². The van der Waals surface area contributed by atoms with Gasteiger partial charge in [-0.3, -0.25) is 4.31 Å². The Morgan fingerprint density at radius 3 is 2.57 bits per heavy atom. The monoisotopic (exact) mass is 370 g/mol. The third-order valence-electron chi connectivity index (χ3n) is 2.93. The highest BCUT2D eigenvalue weighted by atomic mass is 79.9. The molecule has 0 saturated heterocycles. The number of nitrogens with zero attached hydrogens (tertiary/aromatic N) is 1. The van der Waals surface area contributed by atoms with Crippen molar-refractivity contribution < 1.29 is 13.5 Å². The molecule has 7 heteroatoms. The number of nitrogens with two attached hydrogens (primary N) is 1. The summed E-state index contributed by atoms with van der Waals surface area (Å²) in [6.07, 6.45) is 0. The van der Waals surface area contributed by atoms with Gasteiger partial charge in [0.2, 0.25) is 0 Å². The zero-order valence-electron chi connectivity index (χ0n) is 11.3. The second-order valence-electron chi connectivity index (χ2n) is 4.38. The van der Waals surface area contributed by atoms with Gasteiger partial charge in [0.15, 0.2) is 0 Å². The van der Waals surface area contributed by atoms with E-state index in [1.807, 2.05) is 0 Å². The molecule has 0 bridgehead atoms. The molecule has 0 radical (unpaired) electrons. The molecule has 2 aromatic rings. The van der Waals surface area contributed by atoms with E-state index in [1.54, 1.807) is 31.2 Å². The third-order valence-corrected chi connectivity index (χ3v) is 5.83. The van der Waals surface area contributed by atoms with E-state index in [4.69, 9.17) is 5.73 Å². The number of sulfonamides is 1. The topological polar surface area (TPSA) is 83.6 Å². The Morgan fingerprint density at radius 2 is 1.95 bits per heavy atom. The smallest absolute Gasteiger partial charge is 0.265 e. The molecule has 0 aliphatic heterocycles. The summed E-state index contributed by atoms with van der Waals surface area (Å²) in [5.74, 6) is 0.00721. The Hall–Kier alpha value is -1.73. The first kappa shape index (κ1) is 15.7. The first-order valence-electron chi connectivity index (χ1n) is 6.23. The molecule has 0 spiro atoms. The molecule has 0 aromatic heterocycles. The molecule has 0 amide bonds. The molecule has 2 rings (SSSR count). The summed E-state index contributed by atoms with van der Waals surface area (Å²) >= 11 is 3.24. The number of phenols is 1.